The number of carbonyl (C=O) groups excluding carboxylic acids is 2. The van der Waals surface area contributed by atoms with E-state index in [1.54, 1.807) is 0 Å². The zero-order valence-electron chi connectivity index (χ0n) is 11.9. The van der Waals surface area contributed by atoms with Gasteiger partial charge in [0.25, 0.3) is 0 Å². The van der Waals surface area contributed by atoms with Crippen molar-refractivity contribution in [3.8, 4) is 0 Å². The molecule has 4 nitrogen and oxygen atoms in total. The number of carbonyl (C=O) groups is 2. The Morgan fingerprint density at radius 1 is 1.21 bits per heavy atom. The van der Waals surface area contributed by atoms with Crippen molar-refractivity contribution in [2.75, 3.05) is 0 Å². The summed E-state index contributed by atoms with van der Waals surface area (Å²) in [4.78, 5) is 22.4. The van der Waals surface area contributed by atoms with E-state index in [1.807, 2.05) is 0 Å². The first kappa shape index (κ1) is 16.0. The van der Waals surface area contributed by atoms with Crippen LogP contribution in [-0.4, -0.2) is 16.6 Å². The molecule has 2 heterocycles. The van der Waals surface area contributed by atoms with Gasteiger partial charge < -0.3 is 8.98 Å². The van der Waals surface area contributed by atoms with Crippen LogP contribution in [-0.2, 0) is 17.5 Å². The molecular formula is C16H9F4NO3. The summed E-state index contributed by atoms with van der Waals surface area (Å²) < 4.78 is 57.8. The van der Waals surface area contributed by atoms with Crippen LogP contribution in [0.15, 0.2) is 40.9 Å². The third kappa shape index (κ3) is 2.70. The summed E-state index contributed by atoms with van der Waals surface area (Å²) in [5, 5.41) is 0.203. The van der Waals surface area contributed by atoms with Gasteiger partial charge in [0.05, 0.1) is 17.6 Å². The minimum Gasteiger partial charge on any atom is -0.455 e. The Hall–Kier alpha value is -2.90. The third-order valence-corrected chi connectivity index (χ3v) is 3.49. The number of hydrogen-bond acceptors (Lipinski definition) is 3. The molecule has 2 aromatic heterocycles. The van der Waals surface area contributed by atoms with Gasteiger partial charge in [-0.25, -0.2) is 4.39 Å². The van der Waals surface area contributed by atoms with E-state index in [2.05, 4.69) is 0 Å². The molecule has 0 N–H and O–H groups in total. The topological polar surface area (TPSA) is 52.2 Å². The van der Waals surface area contributed by atoms with Gasteiger partial charge in [-0.15, -0.1) is 0 Å². The fraction of sp³-hybridized carbons (Fsp3) is 0.125. The molecule has 0 aliphatic carbocycles. The molecule has 0 aliphatic rings. The number of hydrogen-bond donors (Lipinski definition) is 0. The molecule has 0 saturated heterocycles. The largest absolute Gasteiger partial charge is 0.455 e. The first-order chi connectivity index (χ1) is 11.3. The van der Waals surface area contributed by atoms with Crippen LogP contribution in [0.25, 0.3) is 10.9 Å². The second kappa shape index (κ2) is 5.63. The lowest BCUT2D eigenvalue weighted by atomic mass is 10.1. The maximum atomic E-state index is 14.1. The summed E-state index contributed by atoms with van der Waals surface area (Å²) in [6.45, 7) is -0.223. The summed E-state index contributed by atoms with van der Waals surface area (Å²) in [6.07, 6.45) is -3.31. The van der Waals surface area contributed by atoms with Gasteiger partial charge in [-0.2, -0.15) is 13.2 Å². The van der Waals surface area contributed by atoms with Crippen molar-refractivity contribution in [2.45, 2.75) is 12.7 Å². The highest BCUT2D eigenvalue weighted by atomic mass is 19.4. The molecule has 8 heteroatoms. The monoisotopic (exact) mass is 339 g/mol. The zero-order valence-corrected chi connectivity index (χ0v) is 11.9. The van der Waals surface area contributed by atoms with E-state index in [0.29, 0.717) is 0 Å². The van der Waals surface area contributed by atoms with Crippen LogP contribution in [0.3, 0.4) is 0 Å². The van der Waals surface area contributed by atoms with Crippen molar-refractivity contribution in [3.05, 3.63) is 59.4 Å². The molecule has 0 fully saturated rings. The molecule has 0 unspecified atom stereocenters. The van der Waals surface area contributed by atoms with E-state index < -0.39 is 23.5 Å². The summed E-state index contributed by atoms with van der Waals surface area (Å²) >= 11 is 0. The number of alkyl halides is 3. The number of fused-ring (bicyclic) bond motifs is 1. The smallest absolute Gasteiger partial charge is 0.449 e. The fourth-order valence-electron chi connectivity index (χ4n) is 2.48. The normalized spacial score (nSPS) is 11.8. The molecule has 0 saturated carbocycles. The van der Waals surface area contributed by atoms with Gasteiger partial charge in [0.1, 0.15) is 11.6 Å². The SMILES string of the molecule is O=CC(=O)c1cn(Cc2ccc(C(F)(F)F)o2)c2c(F)cccc12. The van der Waals surface area contributed by atoms with Crippen LogP contribution in [0.1, 0.15) is 21.9 Å². The number of para-hydroxylation sites is 1. The number of aromatic nitrogens is 1. The lowest BCUT2D eigenvalue weighted by molar-refractivity contribution is -0.153. The van der Waals surface area contributed by atoms with E-state index >= 15 is 0 Å². The first-order valence-electron chi connectivity index (χ1n) is 6.74. The molecule has 0 atom stereocenters. The summed E-state index contributed by atoms with van der Waals surface area (Å²) in [5.41, 5.74) is -0.0187. The lowest BCUT2D eigenvalue weighted by Crippen LogP contribution is -2.03. The Morgan fingerprint density at radius 3 is 2.58 bits per heavy atom. The van der Waals surface area contributed by atoms with Crippen LogP contribution < -0.4 is 0 Å². The van der Waals surface area contributed by atoms with E-state index in [-0.39, 0.29) is 35.1 Å². The molecule has 0 radical (unpaired) electrons. The summed E-state index contributed by atoms with van der Waals surface area (Å²) in [6, 6.07) is 5.87. The van der Waals surface area contributed by atoms with Crippen molar-refractivity contribution in [1.82, 2.24) is 4.57 Å². The highest BCUT2D eigenvalue weighted by molar-refractivity contribution is 6.36. The van der Waals surface area contributed by atoms with Crippen LogP contribution in [0.2, 0.25) is 0 Å². The van der Waals surface area contributed by atoms with Gasteiger partial charge in [-0.05, 0) is 18.2 Å². The average Bonchev–Trinajstić information content (AvgIpc) is 3.12. The molecular weight excluding hydrogens is 330 g/mol. The molecule has 3 rings (SSSR count). The van der Waals surface area contributed by atoms with Crippen LogP contribution >= 0.6 is 0 Å². The molecule has 24 heavy (non-hydrogen) atoms. The van der Waals surface area contributed by atoms with Gasteiger partial charge in [0.15, 0.2) is 6.29 Å². The number of nitrogens with zero attached hydrogens (tertiary/aromatic N) is 1. The summed E-state index contributed by atoms with van der Waals surface area (Å²) in [5.74, 6) is -2.74. The Balaban J connectivity index is 2.08. The second-order valence-corrected chi connectivity index (χ2v) is 5.05. The minimum absolute atomic E-state index is 0.00709. The van der Waals surface area contributed by atoms with Crippen LogP contribution in [0.4, 0.5) is 17.6 Å². The second-order valence-electron chi connectivity index (χ2n) is 5.05. The molecule has 0 spiro atoms. The van der Waals surface area contributed by atoms with Crippen molar-refractivity contribution < 1.29 is 31.6 Å². The fourth-order valence-corrected chi connectivity index (χ4v) is 2.48. The zero-order chi connectivity index (χ0) is 17.5. The number of halogens is 4. The third-order valence-electron chi connectivity index (χ3n) is 3.49. The van der Waals surface area contributed by atoms with Crippen molar-refractivity contribution in [2.24, 2.45) is 0 Å². The van der Waals surface area contributed by atoms with E-state index in [9.17, 15) is 27.2 Å². The Morgan fingerprint density at radius 2 is 1.96 bits per heavy atom. The Kier molecular flexibility index (Phi) is 3.75. The van der Waals surface area contributed by atoms with E-state index in [1.165, 1.54) is 22.9 Å². The van der Waals surface area contributed by atoms with Crippen molar-refractivity contribution in [1.29, 1.82) is 0 Å². The molecule has 3 aromatic rings. The number of rotatable bonds is 4. The first-order valence-corrected chi connectivity index (χ1v) is 6.74. The number of Topliss-reactive ketones (excluding diaryl/α,β-unsaturated/α-hetero) is 1. The molecule has 1 aromatic carbocycles. The van der Waals surface area contributed by atoms with E-state index in [4.69, 9.17) is 4.42 Å². The van der Waals surface area contributed by atoms with Crippen molar-refractivity contribution in [3.63, 3.8) is 0 Å². The highest BCUT2D eigenvalue weighted by Gasteiger charge is 2.34. The predicted molar refractivity (Wildman–Crippen MR) is 75.1 cm³/mol. The van der Waals surface area contributed by atoms with Gasteiger partial charge in [-0.3, -0.25) is 9.59 Å². The van der Waals surface area contributed by atoms with Gasteiger partial charge in [-0.1, -0.05) is 12.1 Å². The standard InChI is InChI=1S/C16H9F4NO3/c17-12-3-1-2-10-11(13(23)8-22)7-21(15(10)12)6-9-4-5-14(24-9)16(18,19)20/h1-5,7-8H,6H2. The summed E-state index contributed by atoms with van der Waals surface area (Å²) in [7, 11) is 0. The van der Waals surface area contributed by atoms with Gasteiger partial charge in [0.2, 0.25) is 11.5 Å². The predicted octanol–water partition coefficient (Wildman–Crippen LogP) is 3.82. The number of aldehydes is 1. The maximum absolute atomic E-state index is 14.1. The molecule has 0 amide bonds. The average molecular weight is 339 g/mol. The van der Waals surface area contributed by atoms with Crippen LogP contribution in [0, 0.1) is 5.82 Å². The number of ketones is 1. The lowest BCUT2D eigenvalue weighted by Gasteiger charge is -2.04. The maximum Gasteiger partial charge on any atom is 0.449 e. The number of benzene rings is 1. The van der Waals surface area contributed by atoms with Crippen molar-refractivity contribution >= 4 is 23.0 Å². The minimum atomic E-state index is -4.62. The van der Waals surface area contributed by atoms with Gasteiger partial charge >= 0.3 is 6.18 Å². The quantitative estimate of drug-likeness (QED) is 0.314. The Bertz CT molecular complexity index is 937. The molecule has 0 bridgehead atoms. The molecule has 0 aliphatic heterocycles. The Labute approximate surface area is 132 Å². The van der Waals surface area contributed by atoms with Crippen LogP contribution in [0.5, 0.6) is 0 Å². The molecule has 124 valence electrons. The highest BCUT2D eigenvalue weighted by Crippen LogP contribution is 2.31. The van der Waals surface area contributed by atoms with E-state index in [0.717, 1.165) is 18.2 Å². The number of furan rings is 1. The van der Waals surface area contributed by atoms with Gasteiger partial charge in [0, 0.05) is 11.6 Å².